The van der Waals surface area contributed by atoms with E-state index < -0.39 is 0 Å². The third-order valence-corrected chi connectivity index (χ3v) is 4.10. The van der Waals surface area contributed by atoms with Crippen LogP contribution in [0.25, 0.3) is 22.1 Å². The topological polar surface area (TPSA) is 75.3 Å². The Balaban J connectivity index is 1.80. The maximum absolute atomic E-state index is 9.26. The van der Waals surface area contributed by atoms with Gasteiger partial charge in [0.15, 0.2) is 11.4 Å². The lowest BCUT2D eigenvalue weighted by Gasteiger charge is -2.22. The first-order valence-corrected chi connectivity index (χ1v) is 8.25. The van der Waals surface area contributed by atoms with Crippen molar-refractivity contribution in [3.8, 4) is 0 Å². The van der Waals surface area contributed by atoms with Crippen molar-refractivity contribution < 1.29 is 9.52 Å². The molecule has 6 nitrogen and oxygen atoms in total. The highest BCUT2D eigenvalue weighted by Gasteiger charge is 2.18. The number of benzene rings is 1. The van der Waals surface area contributed by atoms with Crippen LogP contribution in [0.2, 0.25) is 0 Å². The van der Waals surface area contributed by atoms with Gasteiger partial charge in [-0.05, 0) is 30.7 Å². The van der Waals surface area contributed by atoms with Crippen LogP contribution in [0.5, 0.6) is 0 Å². The highest BCUT2D eigenvalue weighted by atomic mass is 16.3. The zero-order chi connectivity index (χ0) is 17.1. The molecule has 0 bridgehead atoms. The number of aliphatic hydroxyl groups excluding tert-OH is 1. The fraction of sp³-hybridized carbons (Fsp3) is 0.211. The molecule has 0 aliphatic rings. The summed E-state index contributed by atoms with van der Waals surface area (Å²) in [5.41, 5.74) is 3.19. The van der Waals surface area contributed by atoms with E-state index in [2.05, 4.69) is 19.9 Å². The Hall–Kier alpha value is -2.99. The van der Waals surface area contributed by atoms with Gasteiger partial charge in [-0.15, -0.1) is 0 Å². The molecule has 0 radical (unpaired) electrons. The van der Waals surface area contributed by atoms with E-state index in [1.807, 2.05) is 42.5 Å². The third kappa shape index (κ3) is 3.04. The molecule has 0 atom stereocenters. The summed E-state index contributed by atoms with van der Waals surface area (Å²) in [7, 11) is 0. The molecule has 3 heterocycles. The lowest BCUT2D eigenvalue weighted by atomic mass is 10.2. The molecule has 0 saturated heterocycles. The predicted octanol–water partition coefficient (Wildman–Crippen LogP) is 3.16. The van der Waals surface area contributed by atoms with Crippen LogP contribution in [-0.4, -0.2) is 33.2 Å². The van der Waals surface area contributed by atoms with Crippen LogP contribution in [0.4, 0.5) is 5.82 Å². The van der Waals surface area contributed by atoms with Crippen molar-refractivity contribution in [2.45, 2.75) is 13.0 Å². The molecule has 3 aromatic heterocycles. The van der Waals surface area contributed by atoms with Crippen LogP contribution in [-0.2, 0) is 6.54 Å². The summed E-state index contributed by atoms with van der Waals surface area (Å²) in [5, 5.41) is 10.2. The van der Waals surface area contributed by atoms with Gasteiger partial charge in [0.05, 0.1) is 12.2 Å². The first-order chi connectivity index (χ1) is 12.4. The number of hydrogen-bond acceptors (Lipinski definition) is 6. The highest BCUT2D eigenvalue weighted by molar-refractivity contribution is 6.05. The lowest BCUT2D eigenvalue weighted by Crippen LogP contribution is -2.26. The van der Waals surface area contributed by atoms with E-state index >= 15 is 0 Å². The maximum Gasteiger partial charge on any atom is 0.196 e. The van der Waals surface area contributed by atoms with Crippen LogP contribution in [0.3, 0.4) is 0 Å². The van der Waals surface area contributed by atoms with Crippen molar-refractivity contribution in [2.24, 2.45) is 0 Å². The maximum atomic E-state index is 9.26. The monoisotopic (exact) mass is 334 g/mol. The normalized spacial score (nSPS) is 11.2. The number of aromatic nitrogens is 3. The Kier molecular flexibility index (Phi) is 4.26. The van der Waals surface area contributed by atoms with Gasteiger partial charge in [0.25, 0.3) is 0 Å². The first-order valence-electron chi connectivity index (χ1n) is 8.25. The van der Waals surface area contributed by atoms with Crippen LogP contribution in [0.15, 0.2) is 59.4 Å². The number of nitrogens with zero attached hydrogens (tertiary/aromatic N) is 4. The minimum absolute atomic E-state index is 0.118. The molecule has 1 aromatic carbocycles. The van der Waals surface area contributed by atoms with Gasteiger partial charge in [-0.2, -0.15) is 0 Å². The number of furan rings is 1. The second-order valence-electron chi connectivity index (χ2n) is 5.79. The van der Waals surface area contributed by atoms with Crippen LogP contribution < -0.4 is 4.90 Å². The average Bonchev–Trinajstić information content (AvgIpc) is 3.05. The average molecular weight is 334 g/mol. The van der Waals surface area contributed by atoms with Crippen molar-refractivity contribution in [3.63, 3.8) is 0 Å². The Labute approximate surface area is 144 Å². The summed E-state index contributed by atoms with van der Waals surface area (Å²) in [6, 6.07) is 13.7. The van der Waals surface area contributed by atoms with Crippen LogP contribution in [0, 0.1) is 0 Å². The number of hydrogen-bond donors (Lipinski definition) is 1. The molecule has 1 N–H and O–H groups in total. The number of fused-ring (bicyclic) bond motifs is 3. The number of aliphatic hydroxyl groups is 1. The second kappa shape index (κ2) is 6.86. The molecule has 0 aliphatic carbocycles. The number of pyridine rings is 1. The van der Waals surface area contributed by atoms with Crippen LogP contribution >= 0.6 is 0 Å². The minimum Gasteiger partial charge on any atom is -0.450 e. The summed E-state index contributed by atoms with van der Waals surface area (Å²) in [5.74, 6) is 0.723. The smallest absolute Gasteiger partial charge is 0.196 e. The van der Waals surface area contributed by atoms with E-state index in [9.17, 15) is 5.11 Å². The van der Waals surface area contributed by atoms with E-state index in [-0.39, 0.29) is 6.61 Å². The van der Waals surface area contributed by atoms with E-state index in [0.717, 1.165) is 28.0 Å². The Morgan fingerprint density at radius 2 is 1.88 bits per heavy atom. The molecule has 0 fully saturated rings. The molecule has 0 spiro atoms. The van der Waals surface area contributed by atoms with Crippen molar-refractivity contribution in [3.05, 3.63) is 60.7 Å². The predicted molar refractivity (Wildman–Crippen MR) is 96.3 cm³/mol. The Morgan fingerprint density at radius 1 is 1.00 bits per heavy atom. The summed E-state index contributed by atoms with van der Waals surface area (Å²) in [6.45, 7) is 1.35. The van der Waals surface area contributed by atoms with E-state index in [1.165, 1.54) is 0 Å². The molecule has 126 valence electrons. The summed E-state index contributed by atoms with van der Waals surface area (Å²) >= 11 is 0. The molecule has 0 saturated carbocycles. The highest BCUT2D eigenvalue weighted by Crippen LogP contribution is 2.32. The summed E-state index contributed by atoms with van der Waals surface area (Å²) in [4.78, 5) is 15.3. The van der Waals surface area contributed by atoms with Crippen LogP contribution in [0.1, 0.15) is 12.1 Å². The largest absolute Gasteiger partial charge is 0.450 e. The zero-order valence-corrected chi connectivity index (χ0v) is 13.7. The van der Waals surface area contributed by atoms with Crippen molar-refractivity contribution >= 4 is 27.9 Å². The van der Waals surface area contributed by atoms with Crippen molar-refractivity contribution in [1.29, 1.82) is 0 Å². The quantitative estimate of drug-likeness (QED) is 0.584. The summed E-state index contributed by atoms with van der Waals surface area (Å²) in [6.07, 6.45) is 3.97. The van der Waals surface area contributed by atoms with Gasteiger partial charge in [0, 0.05) is 24.7 Å². The van der Waals surface area contributed by atoms with E-state index in [0.29, 0.717) is 25.1 Å². The van der Waals surface area contributed by atoms with Crippen molar-refractivity contribution in [2.75, 3.05) is 18.1 Å². The van der Waals surface area contributed by atoms with E-state index in [4.69, 9.17) is 4.42 Å². The standard InChI is InChI=1S/C19H18N4O2/c24-11-5-10-23(12-14-6-3-4-9-20-14)19-18-17(21-13-22-19)15-7-1-2-8-16(15)25-18/h1-4,6-9,13,24H,5,10-12H2. The SMILES string of the molecule is OCCCN(Cc1ccccn1)c1ncnc2c1oc1ccccc12. The summed E-state index contributed by atoms with van der Waals surface area (Å²) < 4.78 is 6.03. The van der Waals surface area contributed by atoms with Gasteiger partial charge in [0.2, 0.25) is 0 Å². The molecule has 4 rings (SSSR count). The number of rotatable bonds is 6. The molecule has 0 unspecified atom stereocenters. The Bertz CT molecular complexity index is 984. The minimum atomic E-state index is 0.118. The molecule has 0 amide bonds. The molecule has 25 heavy (non-hydrogen) atoms. The third-order valence-electron chi connectivity index (χ3n) is 4.10. The number of para-hydroxylation sites is 1. The van der Waals surface area contributed by atoms with Gasteiger partial charge in [-0.25, -0.2) is 9.97 Å². The van der Waals surface area contributed by atoms with Gasteiger partial charge >= 0.3 is 0 Å². The van der Waals surface area contributed by atoms with Gasteiger partial charge in [-0.3, -0.25) is 4.98 Å². The zero-order valence-electron chi connectivity index (χ0n) is 13.7. The van der Waals surface area contributed by atoms with E-state index in [1.54, 1.807) is 12.5 Å². The van der Waals surface area contributed by atoms with Gasteiger partial charge < -0.3 is 14.4 Å². The number of anilines is 1. The Morgan fingerprint density at radius 3 is 2.72 bits per heavy atom. The molecule has 6 heteroatoms. The van der Waals surface area contributed by atoms with Gasteiger partial charge in [-0.1, -0.05) is 18.2 Å². The molecular formula is C19H18N4O2. The molecular weight excluding hydrogens is 316 g/mol. The lowest BCUT2D eigenvalue weighted by molar-refractivity contribution is 0.289. The fourth-order valence-corrected chi connectivity index (χ4v) is 2.95. The van der Waals surface area contributed by atoms with Crippen molar-refractivity contribution in [1.82, 2.24) is 15.0 Å². The fourth-order valence-electron chi connectivity index (χ4n) is 2.95. The van der Waals surface area contributed by atoms with Gasteiger partial charge in [0.1, 0.15) is 17.4 Å². The second-order valence-corrected chi connectivity index (χ2v) is 5.79. The molecule has 4 aromatic rings. The first kappa shape index (κ1) is 15.5. The molecule has 0 aliphatic heterocycles.